The molecule has 2 heterocycles. The molecule has 124 valence electrons. The van der Waals surface area contributed by atoms with Crippen LogP contribution in [0, 0.1) is 0 Å². The Hall–Kier alpha value is -2.08. The first kappa shape index (κ1) is 15.8. The fraction of sp³-hybridized carbons (Fsp3) is 0.529. The van der Waals surface area contributed by atoms with Gasteiger partial charge in [-0.05, 0) is 24.5 Å². The molecule has 2 unspecified atom stereocenters. The molecule has 0 aromatic heterocycles. The Kier molecular flexibility index (Phi) is 4.81. The number of hydrogen-bond donors (Lipinski definition) is 1. The van der Waals surface area contributed by atoms with Crippen molar-refractivity contribution in [1.29, 1.82) is 0 Å². The van der Waals surface area contributed by atoms with Gasteiger partial charge in [0.25, 0.3) is 5.91 Å². The number of benzene rings is 1. The Morgan fingerprint density at radius 1 is 1.30 bits per heavy atom. The number of para-hydroxylation sites is 1. The van der Waals surface area contributed by atoms with Gasteiger partial charge < -0.3 is 19.5 Å². The number of aliphatic carboxylic acids is 1. The molecule has 1 saturated heterocycles. The normalized spacial score (nSPS) is 22.4. The summed E-state index contributed by atoms with van der Waals surface area (Å²) in [4.78, 5) is 25.2. The maximum absolute atomic E-state index is 12.8. The number of carbonyl (C=O) groups excluding carboxylic acids is 1. The van der Waals surface area contributed by atoms with E-state index in [9.17, 15) is 9.59 Å². The van der Waals surface area contributed by atoms with Crippen molar-refractivity contribution in [3.05, 3.63) is 29.8 Å². The first-order valence-corrected chi connectivity index (χ1v) is 8.00. The number of hydrogen-bond acceptors (Lipinski definition) is 4. The molecule has 1 amide bonds. The molecule has 3 rings (SSSR count). The average Bonchev–Trinajstić information content (AvgIpc) is 3.19. The molecular weight excluding hydrogens is 298 g/mol. The summed E-state index contributed by atoms with van der Waals surface area (Å²) in [6, 6.07) is 7.60. The van der Waals surface area contributed by atoms with E-state index < -0.39 is 12.1 Å². The van der Waals surface area contributed by atoms with Gasteiger partial charge in [-0.1, -0.05) is 18.2 Å². The van der Waals surface area contributed by atoms with Crippen molar-refractivity contribution in [2.75, 3.05) is 19.7 Å². The van der Waals surface area contributed by atoms with E-state index in [-0.39, 0.29) is 25.0 Å². The number of carbonyl (C=O) groups is 2. The molecule has 23 heavy (non-hydrogen) atoms. The van der Waals surface area contributed by atoms with E-state index in [4.69, 9.17) is 14.6 Å². The lowest BCUT2D eigenvalue weighted by Gasteiger charge is -2.27. The van der Waals surface area contributed by atoms with Gasteiger partial charge in [-0.3, -0.25) is 9.59 Å². The first-order valence-electron chi connectivity index (χ1n) is 8.00. The Bertz CT molecular complexity index is 557. The van der Waals surface area contributed by atoms with Crippen LogP contribution in [-0.2, 0) is 20.7 Å². The molecule has 0 aliphatic carbocycles. The summed E-state index contributed by atoms with van der Waals surface area (Å²) in [7, 11) is 0. The monoisotopic (exact) mass is 319 g/mol. The number of ether oxygens (including phenoxy) is 2. The van der Waals surface area contributed by atoms with Crippen molar-refractivity contribution >= 4 is 11.9 Å². The fourth-order valence-corrected chi connectivity index (χ4v) is 3.08. The zero-order chi connectivity index (χ0) is 16.2. The third-order valence-corrected chi connectivity index (χ3v) is 4.28. The van der Waals surface area contributed by atoms with Crippen LogP contribution in [0.5, 0.6) is 5.75 Å². The third-order valence-electron chi connectivity index (χ3n) is 4.28. The van der Waals surface area contributed by atoms with Crippen LogP contribution in [0.3, 0.4) is 0 Å². The van der Waals surface area contributed by atoms with Crippen molar-refractivity contribution in [1.82, 2.24) is 4.90 Å². The van der Waals surface area contributed by atoms with Crippen LogP contribution in [0.15, 0.2) is 24.3 Å². The van der Waals surface area contributed by atoms with Crippen LogP contribution in [0.2, 0.25) is 0 Å². The van der Waals surface area contributed by atoms with Gasteiger partial charge in [-0.25, -0.2) is 0 Å². The van der Waals surface area contributed by atoms with E-state index in [1.165, 1.54) is 0 Å². The van der Waals surface area contributed by atoms with Crippen molar-refractivity contribution in [3.63, 3.8) is 0 Å². The quantitative estimate of drug-likeness (QED) is 0.859. The highest BCUT2D eigenvalue weighted by molar-refractivity contribution is 5.83. The van der Waals surface area contributed by atoms with Gasteiger partial charge in [-0.15, -0.1) is 0 Å². The topological polar surface area (TPSA) is 76.1 Å². The second-order valence-corrected chi connectivity index (χ2v) is 5.98. The number of amides is 1. The van der Waals surface area contributed by atoms with E-state index >= 15 is 0 Å². The van der Waals surface area contributed by atoms with Gasteiger partial charge in [0.05, 0.1) is 12.5 Å². The van der Waals surface area contributed by atoms with E-state index in [0.29, 0.717) is 19.6 Å². The number of fused-ring (bicyclic) bond motifs is 1. The second kappa shape index (κ2) is 7.00. The van der Waals surface area contributed by atoms with Gasteiger partial charge in [-0.2, -0.15) is 0 Å². The predicted molar refractivity (Wildman–Crippen MR) is 82.4 cm³/mol. The Morgan fingerprint density at radius 2 is 2.13 bits per heavy atom. The van der Waals surface area contributed by atoms with Crippen LogP contribution in [0.25, 0.3) is 0 Å². The second-order valence-electron chi connectivity index (χ2n) is 5.98. The van der Waals surface area contributed by atoms with Gasteiger partial charge in [0.15, 0.2) is 6.10 Å². The maximum Gasteiger partial charge on any atom is 0.305 e. The fourth-order valence-electron chi connectivity index (χ4n) is 3.08. The molecule has 1 aromatic carbocycles. The highest BCUT2D eigenvalue weighted by Crippen LogP contribution is 2.29. The molecule has 2 atom stereocenters. The molecule has 0 bridgehead atoms. The summed E-state index contributed by atoms with van der Waals surface area (Å²) < 4.78 is 11.3. The van der Waals surface area contributed by atoms with Crippen LogP contribution < -0.4 is 4.74 Å². The van der Waals surface area contributed by atoms with Gasteiger partial charge in [0, 0.05) is 26.1 Å². The minimum absolute atomic E-state index is 0.00322. The molecule has 0 radical (unpaired) electrons. The van der Waals surface area contributed by atoms with Crippen LogP contribution in [0.4, 0.5) is 0 Å². The molecule has 0 spiro atoms. The largest absolute Gasteiger partial charge is 0.481 e. The number of rotatable bonds is 6. The lowest BCUT2D eigenvalue weighted by molar-refractivity contribution is -0.142. The summed E-state index contributed by atoms with van der Waals surface area (Å²) in [6.45, 7) is 1.32. The van der Waals surface area contributed by atoms with Gasteiger partial charge in [0.2, 0.25) is 0 Å². The molecule has 0 saturated carbocycles. The lowest BCUT2D eigenvalue weighted by atomic mass is 10.1. The van der Waals surface area contributed by atoms with Crippen molar-refractivity contribution in [2.24, 2.45) is 0 Å². The summed E-state index contributed by atoms with van der Waals surface area (Å²) in [6.07, 6.45) is 1.78. The summed E-state index contributed by atoms with van der Waals surface area (Å²) >= 11 is 0. The maximum atomic E-state index is 12.8. The van der Waals surface area contributed by atoms with Crippen LogP contribution in [0.1, 0.15) is 24.8 Å². The minimum Gasteiger partial charge on any atom is -0.481 e. The highest BCUT2D eigenvalue weighted by atomic mass is 16.5. The molecule has 2 aliphatic rings. The smallest absolute Gasteiger partial charge is 0.305 e. The third kappa shape index (κ3) is 3.82. The summed E-state index contributed by atoms with van der Waals surface area (Å²) in [5, 5.41) is 8.91. The van der Waals surface area contributed by atoms with Gasteiger partial charge in [0.1, 0.15) is 5.75 Å². The first-order chi connectivity index (χ1) is 11.1. The minimum atomic E-state index is -0.911. The Labute approximate surface area is 135 Å². The van der Waals surface area contributed by atoms with Gasteiger partial charge >= 0.3 is 5.97 Å². The molecule has 6 heteroatoms. The van der Waals surface area contributed by atoms with Crippen LogP contribution >= 0.6 is 0 Å². The number of nitrogens with zero attached hydrogens (tertiary/aromatic N) is 1. The molecule has 1 N–H and O–H groups in total. The van der Waals surface area contributed by atoms with Crippen molar-refractivity contribution in [3.8, 4) is 5.75 Å². The predicted octanol–water partition coefficient (Wildman–Crippen LogP) is 1.47. The Balaban J connectivity index is 1.65. The van der Waals surface area contributed by atoms with E-state index in [0.717, 1.165) is 24.2 Å². The summed E-state index contributed by atoms with van der Waals surface area (Å²) in [5.41, 5.74) is 1.01. The number of carboxylic acid groups (broad SMARTS) is 1. The highest BCUT2D eigenvalue weighted by Gasteiger charge is 2.33. The van der Waals surface area contributed by atoms with Crippen molar-refractivity contribution in [2.45, 2.75) is 37.9 Å². The molecule has 1 fully saturated rings. The molecular formula is C17H21NO5. The molecule has 6 nitrogen and oxygen atoms in total. The van der Waals surface area contributed by atoms with E-state index in [1.54, 1.807) is 4.90 Å². The lowest BCUT2D eigenvalue weighted by Crippen LogP contribution is -2.45. The van der Waals surface area contributed by atoms with Crippen LogP contribution in [-0.4, -0.2) is 53.8 Å². The molecule has 2 aliphatic heterocycles. The SMILES string of the molecule is O=C(O)CCN(CC1CCCO1)C(=O)C1Cc2ccccc2O1. The van der Waals surface area contributed by atoms with E-state index in [2.05, 4.69) is 0 Å². The zero-order valence-corrected chi connectivity index (χ0v) is 12.9. The molecule has 1 aromatic rings. The van der Waals surface area contributed by atoms with Crippen molar-refractivity contribution < 1.29 is 24.2 Å². The van der Waals surface area contributed by atoms with E-state index in [1.807, 2.05) is 24.3 Å². The Morgan fingerprint density at radius 3 is 2.83 bits per heavy atom. The number of carboxylic acids is 1. The standard InChI is InChI=1S/C17H21NO5/c19-16(20)7-8-18(11-13-5-3-9-22-13)17(21)15-10-12-4-1-2-6-14(12)23-15/h1-2,4,6,13,15H,3,5,7-11H2,(H,19,20). The average molecular weight is 319 g/mol. The summed E-state index contributed by atoms with van der Waals surface area (Å²) in [5.74, 6) is -0.329. The zero-order valence-electron chi connectivity index (χ0n) is 12.9.